The van der Waals surface area contributed by atoms with Crippen LogP contribution in [-0.4, -0.2) is 31.8 Å². The summed E-state index contributed by atoms with van der Waals surface area (Å²) in [5.41, 5.74) is 0.227. The molecule has 19 heavy (non-hydrogen) atoms. The highest BCUT2D eigenvalue weighted by molar-refractivity contribution is 5.69. The molecule has 8 heteroatoms. The zero-order valence-corrected chi connectivity index (χ0v) is 11.2. The summed E-state index contributed by atoms with van der Waals surface area (Å²) < 4.78 is 1.48. The largest absolute Gasteiger partial charge is 0.481 e. The zero-order chi connectivity index (χ0) is 14.6. The number of carbonyl (C=O) groups is 1. The van der Waals surface area contributed by atoms with Crippen molar-refractivity contribution in [1.82, 2.24) is 9.78 Å². The lowest BCUT2D eigenvalue weighted by Crippen LogP contribution is -2.24. The molecule has 8 nitrogen and oxygen atoms in total. The van der Waals surface area contributed by atoms with Gasteiger partial charge in [-0.2, -0.15) is 5.10 Å². The average molecular weight is 270 g/mol. The van der Waals surface area contributed by atoms with E-state index in [1.165, 1.54) is 4.68 Å². The van der Waals surface area contributed by atoms with Gasteiger partial charge in [-0.05, 0) is 20.3 Å². The fraction of sp³-hybridized carbons (Fsp3) is 0.636. The number of aryl methyl sites for hydroxylation is 2. The third-order valence-electron chi connectivity index (χ3n) is 2.83. The summed E-state index contributed by atoms with van der Waals surface area (Å²) >= 11 is 0. The summed E-state index contributed by atoms with van der Waals surface area (Å²) in [6.45, 7) is 5.68. The lowest BCUT2D eigenvalue weighted by molar-refractivity contribution is -0.384. The number of aromatic nitrogens is 2. The second-order valence-corrected chi connectivity index (χ2v) is 4.20. The van der Waals surface area contributed by atoms with E-state index in [0.717, 1.165) is 0 Å². The first-order valence-electron chi connectivity index (χ1n) is 6.10. The number of nitrogens with zero attached hydrogens (tertiary/aromatic N) is 3. The van der Waals surface area contributed by atoms with Gasteiger partial charge < -0.3 is 10.4 Å². The van der Waals surface area contributed by atoms with Gasteiger partial charge in [0, 0.05) is 12.6 Å². The number of hydrogen-bond donors (Lipinski definition) is 2. The third-order valence-corrected chi connectivity index (χ3v) is 2.83. The predicted octanol–water partition coefficient (Wildman–Crippen LogP) is 1.78. The molecule has 0 fully saturated rings. The molecule has 0 spiro atoms. The molecule has 0 aliphatic carbocycles. The van der Waals surface area contributed by atoms with E-state index >= 15 is 0 Å². The van der Waals surface area contributed by atoms with Crippen molar-refractivity contribution >= 4 is 17.5 Å². The maximum Gasteiger partial charge on any atom is 0.333 e. The Morgan fingerprint density at radius 3 is 2.63 bits per heavy atom. The SMILES string of the molecule is CCC(CC(=O)O)Nc1c([N+](=O)[O-])c(C)nn1CC. The lowest BCUT2D eigenvalue weighted by Gasteiger charge is -2.16. The number of hydrogen-bond acceptors (Lipinski definition) is 5. The summed E-state index contributed by atoms with van der Waals surface area (Å²) in [5, 5.41) is 26.9. The van der Waals surface area contributed by atoms with Crippen LogP contribution >= 0.6 is 0 Å². The van der Waals surface area contributed by atoms with Gasteiger partial charge in [0.25, 0.3) is 0 Å². The molecule has 1 atom stereocenters. The minimum atomic E-state index is -0.943. The molecule has 106 valence electrons. The molecule has 0 aromatic carbocycles. The first-order valence-corrected chi connectivity index (χ1v) is 6.10. The summed E-state index contributed by atoms with van der Waals surface area (Å²) in [5.74, 6) is -0.667. The van der Waals surface area contributed by atoms with E-state index < -0.39 is 10.9 Å². The summed E-state index contributed by atoms with van der Waals surface area (Å²) in [4.78, 5) is 21.3. The van der Waals surface area contributed by atoms with Gasteiger partial charge >= 0.3 is 11.7 Å². The highest BCUT2D eigenvalue weighted by Gasteiger charge is 2.26. The van der Waals surface area contributed by atoms with Crippen molar-refractivity contribution in [3.05, 3.63) is 15.8 Å². The molecular formula is C11H18N4O4. The molecule has 0 saturated heterocycles. The molecule has 1 unspecified atom stereocenters. The predicted molar refractivity (Wildman–Crippen MR) is 69.2 cm³/mol. The average Bonchev–Trinajstić information content (AvgIpc) is 2.63. The van der Waals surface area contributed by atoms with Gasteiger partial charge in [0.05, 0.1) is 11.3 Å². The second-order valence-electron chi connectivity index (χ2n) is 4.20. The highest BCUT2D eigenvalue weighted by Crippen LogP contribution is 2.29. The molecule has 0 aliphatic rings. The number of nitrogens with one attached hydrogen (secondary N) is 1. The van der Waals surface area contributed by atoms with Crippen LogP contribution in [0.5, 0.6) is 0 Å². The number of carboxylic acid groups (broad SMARTS) is 1. The molecule has 0 saturated carbocycles. The Kier molecular flexibility index (Phi) is 4.85. The van der Waals surface area contributed by atoms with Crippen molar-refractivity contribution in [2.75, 3.05) is 5.32 Å². The van der Waals surface area contributed by atoms with Crippen LogP contribution in [0.2, 0.25) is 0 Å². The van der Waals surface area contributed by atoms with Gasteiger partial charge in [-0.25, -0.2) is 4.68 Å². The van der Waals surface area contributed by atoms with Crippen LogP contribution in [0.4, 0.5) is 11.5 Å². The molecule has 0 aliphatic heterocycles. The quantitative estimate of drug-likeness (QED) is 0.577. The van der Waals surface area contributed by atoms with E-state index in [0.29, 0.717) is 18.7 Å². The van der Waals surface area contributed by atoms with Crippen molar-refractivity contribution in [1.29, 1.82) is 0 Å². The lowest BCUT2D eigenvalue weighted by atomic mass is 10.1. The molecule has 1 rings (SSSR count). The van der Waals surface area contributed by atoms with Gasteiger partial charge in [-0.3, -0.25) is 14.9 Å². The van der Waals surface area contributed by atoms with Crippen LogP contribution < -0.4 is 5.32 Å². The molecule has 2 N–H and O–H groups in total. The van der Waals surface area contributed by atoms with Gasteiger partial charge in [0.15, 0.2) is 0 Å². The summed E-state index contributed by atoms with van der Waals surface area (Å²) in [7, 11) is 0. The van der Waals surface area contributed by atoms with E-state index in [1.807, 2.05) is 13.8 Å². The van der Waals surface area contributed by atoms with Crippen LogP contribution in [0.25, 0.3) is 0 Å². The zero-order valence-electron chi connectivity index (χ0n) is 11.2. The normalized spacial score (nSPS) is 12.2. The fourth-order valence-electron chi connectivity index (χ4n) is 1.86. The van der Waals surface area contributed by atoms with Gasteiger partial charge in [0.1, 0.15) is 5.69 Å². The van der Waals surface area contributed by atoms with Crippen LogP contribution in [0, 0.1) is 17.0 Å². The molecule has 0 amide bonds. The first-order chi connectivity index (χ1) is 8.90. The van der Waals surface area contributed by atoms with Crippen molar-refractivity contribution in [3.8, 4) is 0 Å². The van der Waals surface area contributed by atoms with E-state index in [2.05, 4.69) is 10.4 Å². The van der Waals surface area contributed by atoms with Gasteiger partial charge in [-0.15, -0.1) is 0 Å². The van der Waals surface area contributed by atoms with E-state index in [-0.39, 0.29) is 24.0 Å². The Morgan fingerprint density at radius 2 is 2.21 bits per heavy atom. The number of aliphatic carboxylic acids is 1. The topological polar surface area (TPSA) is 110 Å². The molecule has 1 aromatic heterocycles. The van der Waals surface area contributed by atoms with Crippen molar-refractivity contribution < 1.29 is 14.8 Å². The first kappa shape index (κ1) is 14.9. The maximum atomic E-state index is 11.1. The molecule has 1 heterocycles. The smallest absolute Gasteiger partial charge is 0.333 e. The molecule has 0 radical (unpaired) electrons. The fourth-order valence-corrected chi connectivity index (χ4v) is 1.86. The van der Waals surface area contributed by atoms with Gasteiger partial charge in [0.2, 0.25) is 5.82 Å². The number of nitro groups is 1. The monoisotopic (exact) mass is 270 g/mol. The van der Waals surface area contributed by atoms with Crippen molar-refractivity contribution in [2.45, 2.75) is 46.2 Å². The highest BCUT2D eigenvalue weighted by atomic mass is 16.6. The Morgan fingerprint density at radius 1 is 1.58 bits per heavy atom. The maximum absolute atomic E-state index is 11.1. The second kappa shape index (κ2) is 6.17. The van der Waals surface area contributed by atoms with Crippen LogP contribution in [0.3, 0.4) is 0 Å². The molecule has 0 bridgehead atoms. The Bertz CT molecular complexity index is 483. The van der Waals surface area contributed by atoms with Crippen LogP contribution in [0.15, 0.2) is 0 Å². The minimum absolute atomic E-state index is 0.0920. The molecule has 1 aromatic rings. The summed E-state index contributed by atoms with van der Waals surface area (Å²) in [6.07, 6.45) is 0.457. The standard InChI is InChI=1S/C11H18N4O4/c1-4-8(6-9(16)17)12-11-10(15(18)19)7(3)13-14(11)5-2/h8,12H,4-6H2,1-3H3,(H,16,17). The number of anilines is 1. The molecular weight excluding hydrogens is 252 g/mol. The third kappa shape index (κ3) is 3.43. The van der Waals surface area contributed by atoms with Crippen molar-refractivity contribution in [3.63, 3.8) is 0 Å². The minimum Gasteiger partial charge on any atom is -0.481 e. The van der Waals surface area contributed by atoms with Crippen LogP contribution in [0.1, 0.15) is 32.4 Å². The van der Waals surface area contributed by atoms with Gasteiger partial charge in [-0.1, -0.05) is 6.92 Å². The van der Waals surface area contributed by atoms with Crippen molar-refractivity contribution in [2.24, 2.45) is 0 Å². The van der Waals surface area contributed by atoms with E-state index in [1.54, 1.807) is 6.92 Å². The number of carboxylic acids is 1. The Hall–Kier alpha value is -2.12. The summed E-state index contributed by atoms with van der Waals surface area (Å²) in [6, 6.07) is -0.363. The Balaban J connectivity index is 3.10. The Labute approximate surface area is 110 Å². The van der Waals surface area contributed by atoms with Crippen LogP contribution in [-0.2, 0) is 11.3 Å². The van der Waals surface area contributed by atoms with E-state index in [9.17, 15) is 14.9 Å². The number of rotatable bonds is 7. The van der Waals surface area contributed by atoms with E-state index in [4.69, 9.17) is 5.11 Å².